The van der Waals surface area contributed by atoms with Gasteiger partial charge in [-0.2, -0.15) is 0 Å². The number of benzene rings is 1. The van der Waals surface area contributed by atoms with Crippen molar-refractivity contribution < 1.29 is 14.2 Å². The fourth-order valence-corrected chi connectivity index (χ4v) is 3.67. The summed E-state index contributed by atoms with van der Waals surface area (Å²) in [5, 5.41) is 3.41. The molecule has 0 radical (unpaired) electrons. The molecular formula is C22H35N3O3. The molecule has 2 aliphatic rings. The minimum absolute atomic E-state index is 0.301. The number of piperidine rings is 1. The highest BCUT2D eigenvalue weighted by Crippen LogP contribution is 2.18. The molecule has 156 valence electrons. The van der Waals surface area contributed by atoms with Crippen LogP contribution in [0.25, 0.3) is 0 Å². The predicted octanol–water partition coefficient (Wildman–Crippen LogP) is 3.08. The van der Waals surface area contributed by atoms with Crippen LogP contribution < -0.4 is 10.1 Å². The van der Waals surface area contributed by atoms with Crippen LogP contribution in [-0.4, -0.2) is 69.1 Å². The van der Waals surface area contributed by atoms with Gasteiger partial charge in [-0.15, -0.1) is 0 Å². The lowest BCUT2D eigenvalue weighted by molar-refractivity contribution is -0.0721. The number of likely N-dealkylation sites (tertiary alicyclic amines) is 1. The second-order valence-electron chi connectivity index (χ2n) is 7.41. The normalized spacial score (nSPS) is 21.5. The van der Waals surface area contributed by atoms with Gasteiger partial charge in [0.2, 0.25) is 0 Å². The first-order valence-corrected chi connectivity index (χ1v) is 10.8. The Hall–Kier alpha value is -1.79. The molecule has 1 aromatic rings. The Morgan fingerprint density at radius 1 is 1.18 bits per heavy atom. The fourth-order valence-electron chi connectivity index (χ4n) is 3.67. The molecular weight excluding hydrogens is 354 g/mol. The third-order valence-electron chi connectivity index (χ3n) is 5.23. The number of nitrogens with zero attached hydrogens (tertiary/aromatic N) is 2. The van der Waals surface area contributed by atoms with Crippen LogP contribution in [0.5, 0.6) is 5.75 Å². The van der Waals surface area contributed by atoms with Gasteiger partial charge in [-0.1, -0.05) is 18.2 Å². The zero-order chi connectivity index (χ0) is 19.4. The van der Waals surface area contributed by atoms with Gasteiger partial charge in [-0.25, -0.2) is 4.99 Å². The Bertz CT molecular complexity index is 568. The topological polar surface area (TPSA) is 55.3 Å². The molecule has 0 amide bonds. The van der Waals surface area contributed by atoms with E-state index in [4.69, 9.17) is 19.2 Å². The standard InChI is InChI=1S/C22H35N3O3/c1-2-23-22(24-13-17-27-19-8-4-3-5-9-19)25-14-11-20(12-15-25)28-18-21-10-6-7-16-26-21/h3-5,8-9,20-21H,2,6-7,10-18H2,1H3,(H,23,24). The maximum atomic E-state index is 6.13. The largest absolute Gasteiger partial charge is 0.492 e. The molecule has 2 fully saturated rings. The minimum Gasteiger partial charge on any atom is -0.492 e. The molecule has 3 rings (SSSR count). The number of para-hydroxylation sites is 1. The highest BCUT2D eigenvalue weighted by atomic mass is 16.5. The Morgan fingerprint density at radius 3 is 2.71 bits per heavy atom. The van der Waals surface area contributed by atoms with E-state index in [0.29, 0.717) is 25.4 Å². The molecule has 28 heavy (non-hydrogen) atoms. The van der Waals surface area contributed by atoms with Crippen molar-refractivity contribution in [2.24, 2.45) is 4.99 Å². The van der Waals surface area contributed by atoms with Crippen LogP contribution in [0.2, 0.25) is 0 Å². The maximum absolute atomic E-state index is 6.13. The molecule has 1 N–H and O–H groups in total. The van der Waals surface area contributed by atoms with Crippen molar-refractivity contribution >= 4 is 5.96 Å². The first-order valence-electron chi connectivity index (χ1n) is 10.8. The van der Waals surface area contributed by atoms with Crippen molar-refractivity contribution in [3.05, 3.63) is 30.3 Å². The van der Waals surface area contributed by atoms with Gasteiger partial charge < -0.3 is 24.4 Å². The molecule has 0 aromatic heterocycles. The third-order valence-corrected chi connectivity index (χ3v) is 5.23. The Kier molecular flexibility index (Phi) is 8.91. The van der Waals surface area contributed by atoms with Crippen LogP contribution >= 0.6 is 0 Å². The SMILES string of the molecule is CCNC(=NCCOc1ccccc1)N1CCC(OCC2CCCCO2)CC1. The molecule has 6 heteroatoms. The first kappa shape index (κ1) is 20.9. The van der Waals surface area contributed by atoms with E-state index in [0.717, 1.165) is 63.8 Å². The summed E-state index contributed by atoms with van der Waals surface area (Å²) >= 11 is 0. The highest BCUT2D eigenvalue weighted by Gasteiger charge is 2.23. The molecule has 0 bridgehead atoms. The predicted molar refractivity (Wildman–Crippen MR) is 112 cm³/mol. The molecule has 2 aliphatic heterocycles. The summed E-state index contributed by atoms with van der Waals surface area (Å²) in [6.45, 7) is 7.79. The van der Waals surface area contributed by atoms with E-state index in [1.54, 1.807) is 0 Å². The molecule has 2 saturated heterocycles. The molecule has 0 spiro atoms. The number of aliphatic imine (C=N–C) groups is 1. The van der Waals surface area contributed by atoms with Crippen LogP contribution in [0.1, 0.15) is 39.0 Å². The number of guanidine groups is 1. The van der Waals surface area contributed by atoms with Crippen molar-refractivity contribution in [3.8, 4) is 5.75 Å². The van der Waals surface area contributed by atoms with Gasteiger partial charge in [0.25, 0.3) is 0 Å². The summed E-state index contributed by atoms with van der Waals surface area (Å²) in [6.07, 6.45) is 6.32. The van der Waals surface area contributed by atoms with Crippen LogP contribution in [0, 0.1) is 0 Å². The quantitative estimate of drug-likeness (QED) is 0.421. The zero-order valence-electron chi connectivity index (χ0n) is 17.1. The lowest BCUT2D eigenvalue weighted by Crippen LogP contribution is -2.47. The monoisotopic (exact) mass is 389 g/mol. The van der Waals surface area contributed by atoms with E-state index in [9.17, 15) is 0 Å². The van der Waals surface area contributed by atoms with Gasteiger partial charge in [-0.3, -0.25) is 0 Å². The number of hydrogen-bond donors (Lipinski definition) is 1. The van der Waals surface area contributed by atoms with Crippen molar-refractivity contribution in [2.75, 3.05) is 46.0 Å². The Balaban J connectivity index is 1.38. The average molecular weight is 390 g/mol. The molecule has 1 unspecified atom stereocenters. The Morgan fingerprint density at radius 2 is 2.00 bits per heavy atom. The smallest absolute Gasteiger partial charge is 0.194 e. The second kappa shape index (κ2) is 11.9. The van der Waals surface area contributed by atoms with E-state index >= 15 is 0 Å². The third kappa shape index (κ3) is 6.99. The summed E-state index contributed by atoms with van der Waals surface area (Å²) < 4.78 is 17.6. The van der Waals surface area contributed by atoms with E-state index in [1.165, 1.54) is 12.8 Å². The number of hydrogen-bond acceptors (Lipinski definition) is 4. The van der Waals surface area contributed by atoms with Gasteiger partial charge in [0, 0.05) is 26.2 Å². The van der Waals surface area contributed by atoms with Crippen LogP contribution in [-0.2, 0) is 9.47 Å². The van der Waals surface area contributed by atoms with Gasteiger partial charge in [-0.05, 0) is 51.2 Å². The number of ether oxygens (including phenoxy) is 3. The number of nitrogens with one attached hydrogen (secondary N) is 1. The van der Waals surface area contributed by atoms with E-state index in [2.05, 4.69) is 17.1 Å². The summed E-state index contributed by atoms with van der Waals surface area (Å²) in [7, 11) is 0. The van der Waals surface area contributed by atoms with Gasteiger partial charge >= 0.3 is 0 Å². The molecule has 6 nitrogen and oxygen atoms in total. The highest BCUT2D eigenvalue weighted by molar-refractivity contribution is 5.80. The van der Waals surface area contributed by atoms with E-state index in [-0.39, 0.29) is 0 Å². The number of rotatable bonds is 8. The minimum atomic E-state index is 0.301. The molecule has 1 atom stereocenters. The van der Waals surface area contributed by atoms with Crippen LogP contribution in [0.15, 0.2) is 35.3 Å². The second-order valence-corrected chi connectivity index (χ2v) is 7.41. The van der Waals surface area contributed by atoms with Crippen molar-refractivity contribution in [1.82, 2.24) is 10.2 Å². The van der Waals surface area contributed by atoms with E-state index < -0.39 is 0 Å². The van der Waals surface area contributed by atoms with Crippen molar-refractivity contribution in [1.29, 1.82) is 0 Å². The van der Waals surface area contributed by atoms with Crippen LogP contribution in [0.4, 0.5) is 0 Å². The Labute approximate surface area is 169 Å². The first-order chi connectivity index (χ1) is 13.8. The van der Waals surface area contributed by atoms with Crippen molar-refractivity contribution in [2.45, 2.75) is 51.2 Å². The molecule has 1 aromatic carbocycles. The lowest BCUT2D eigenvalue weighted by Gasteiger charge is -2.35. The fraction of sp³-hybridized carbons (Fsp3) is 0.682. The average Bonchev–Trinajstić information content (AvgIpc) is 2.76. The lowest BCUT2D eigenvalue weighted by atomic mass is 10.1. The van der Waals surface area contributed by atoms with Gasteiger partial charge in [0.15, 0.2) is 5.96 Å². The summed E-state index contributed by atoms with van der Waals surface area (Å²) in [5.74, 6) is 1.87. The van der Waals surface area contributed by atoms with Gasteiger partial charge in [0.1, 0.15) is 12.4 Å². The van der Waals surface area contributed by atoms with Crippen molar-refractivity contribution in [3.63, 3.8) is 0 Å². The summed E-state index contributed by atoms with van der Waals surface area (Å²) in [6, 6.07) is 9.89. The van der Waals surface area contributed by atoms with Crippen LogP contribution in [0.3, 0.4) is 0 Å². The molecule has 0 aliphatic carbocycles. The summed E-state index contributed by atoms with van der Waals surface area (Å²) in [5.41, 5.74) is 0. The molecule has 2 heterocycles. The maximum Gasteiger partial charge on any atom is 0.194 e. The molecule has 0 saturated carbocycles. The van der Waals surface area contributed by atoms with Gasteiger partial charge in [0.05, 0.1) is 25.4 Å². The van der Waals surface area contributed by atoms with E-state index in [1.807, 2.05) is 30.3 Å². The zero-order valence-corrected chi connectivity index (χ0v) is 17.1. The summed E-state index contributed by atoms with van der Waals surface area (Å²) in [4.78, 5) is 7.08.